The molecule has 5 nitrogen and oxygen atoms in total. The summed E-state index contributed by atoms with van der Waals surface area (Å²) in [5.74, 6) is 0. The van der Waals surface area contributed by atoms with Crippen molar-refractivity contribution in [3.05, 3.63) is 0 Å². The fourth-order valence-electron chi connectivity index (χ4n) is 9.48. The van der Waals surface area contributed by atoms with Crippen molar-refractivity contribution in [2.45, 2.75) is 299 Å². The van der Waals surface area contributed by atoms with Crippen LogP contribution >= 0.6 is 0 Å². The van der Waals surface area contributed by atoms with E-state index >= 15 is 0 Å². The van der Waals surface area contributed by atoms with Crippen LogP contribution in [0.5, 0.6) is 0 Å². The van der Waals surface area contributed by atoms with E-state index in [-0.39, 0.29) is 0 Å². The van der Waals surface area contributed by atoms with E-state index in [4.69, 9.17) is 0 Å². The second kappa shape index (κ2) is 59.9. The Morgan fingerprint density at radius 3 is 0.815 bits per heavy atom. The van der Waals surface area contributed by atoms with E-state index < -0.39 is 0 Å². The molecule has 0 spiro atoms. The van der Waals surface area contributed by atoms with Gasteiger partial charge in [0.2, 0.25) is 0 Å². The molecule has 394 valence electrons. The number of nitrogens with one attached hydrogen (secondary N) is 1. The summed E-state index contributed by atoms with van der Waals surface area (Å²) in [6, 6.07) is 0. The predicted octanol–water partition coefficient (Wildman–Crippen LogP) is 17.8. The van der Waals surface area contributed by atoms with Gasteiger partial charge in [0.25, 0.3) is 0 Å². The van der Waals surface area contributed by atoms with Crippen molar-refractivity contribution >= 4 is 0 Å². The fourth-order valence-corrected chi connectivity index (χ4v) is 9.48. The molecule has 1 aliphatic heterocycles. The standard InChI is InChI=1S/C49H103N5.C9H20.C2H6/c1-5-9-13-17-21-22-23-24-28-32-36-50-37-41-53-45-48-54(49-46-53)47-44-52(40-35-31-27-20-16-12-8-4)43-42-51(38-33-29-25-18-14-10-6-2)39-34-30-26-19-15-11-7-3;1-3-5-7-9-8-6-4-2;1-2/h50H,5-49H2,1-4H3;3-9H2,1-2H3;1-2H3. The van der Waals surface area contributed by atoms with Crippen molar-refractivity contribution in [2.24, 2.45) is 0 Å². The lowest BCUT2D eigenvalue weighted by Crippen LogP contribution is -2.50. The Balaban J connectivity index is 0. The summed E-state index contributed by atoms with van der Waals surface area (Å²) in [4.78, 5) is 11.2. The van der Waals surface area contributed by atoms with Crippen LogP contribution in [0.2, 0.25) is 0 Å². The summed E-state index contributed by atoms with van der Waals surface area (Å²) < 4.78 is 0. The Labute approximate surface area is 414 Å². The van der Waals surface area contributed by atoms with E-state index in [9.17, 15) is 0 Å². The largest absolute Gasteiger partial charge is 0.315 e. The van der Waals surface area contributed by atoms with Gasteiger partial charge < -0.3 is 15.1 Å². The molecular weight excluding hydrogens is 791 g/mol. The molecule has 0 bridgehead atoms. The van der Waals surface area contributed by atoms with Crippen LogP contribution in [-0.4, -0.2) is 111 Å². The van der Waals surface area contributed by atoms with Crippen LogP contribution in [0.3, 0.4) is 0 Å². The van der Waals surface area contributed by atoms with Crippen LogP contribution in [0.15, 0.2) is 0 Å². The van der Waals surface area contributed by atoms with Gasteiger partial charge in [0.15, 0.2) is 0 Å². The molecular formula is C60H129N5. The molecule has 0 amide bonds. The minimum Gasteiger partial charge on any atom is -0.315 e. The second-order valence-electron chi connectivity index (χ2n) is 20.4. The number of hydrogen-bond acceptors (Lipinski definition) is 5. The molecule has 1 saturated heterocycles. The molecule has 0 radical (unpaired) electrons. The van der Waals surface area contributed by atoms with E-state index in [0.717, 1.165) is 6.54 Å². The first kappa shape index (κ1) is 66.9. The summed E-state index contributed by atoms with van der Waals surface area (Å²) in [6.07, 6.45) is 54.0. The third-order valence-electron chi connectivity index (χ3n) is 14.2. The van der Waals surface area contributed by atoms with Crippen LogP contribution in [0.1, 0.15) is 299 Å². The number of piperazine rings is 1. The van der Waals surface area contributed by atoms with Gasteiger partial charge in [-0.05, 0) is 51.9 Å². The molecule has 5 heteroatoms. The highest BCUT2D eigenvalue weighted by Crippen LogP contribution is 2.14. The van der Waals surface area contributed by atoms with Crippen LogP contribution < -0.4 is 5.32 Å². The molecule has 1 N–H and O–H groups in total. The zero-order valence-electron chi connectivity index (χ0n) is 47.1. The fraction of sp³-hybridized carbons (Fsp3) is 1.00. The zero-order chi connectivity index (χ0) is 47.8. The van der Waals surface area contributed by atoms with Crippen molar-refractivity contribution in [1.82, 2.24) is 24.9 Å². The third-order valence-corrected chi connectivity index (χ3v) is 14.2. The van der Waals surface area contributed by atoms with Crippen molar-refractivity contribution in [2.75, 3.05) is 91.6 Å². The second-order valence-corrected chi connectivity index (χ2v) is 20.4. The van der Waals surface area contributed by atoms with E-state index in [2.05, 4.69) is 66.5 Å². The van der Waals surface area contributed by atoms with Gasteiger partial charge in [-0.15, -0.1) is 0 Å². The molecule has 1 fully saturated rings. The highest BCUT2D eigenvalue weighted by Gasteiger charge is 2.18. The number of unbranched alkanes of at least 4 members (excludes halogenated alkanes) is 33. The Morgan fingerprint density at radius 2 is 0.508 bits per heavy atom. The summed E-state index contributed by atoms with van der Waals surface area (Å²) in [7, 11) is 0. The first-order valence-corrected chi connectivity index (χ1v) is 30.7. The quantitative estimate of drug-likeness (QED) is 0.0613. The maximum atomic E-state index is 3.76. The molecule has 1 heterocycles. The third kappa shape index (κ3) is 53.0. The molecule has 0 aromatic rings. The highest BCUT2D eigenvalue weighted by molar-refractivity contribution is 4.75. The molecule has 1 aliphatic rings. The Hall–Kier alpha value is -0.200. The summed E-state index contributed by atoms with van der Waals surface area (Å²) in [6.45, 7) is 35.5. The summed E-state index contributed by atoms with van der Waals surface area (Å²) >= 11 is 0. The lowest BCUT2D eigenvalue weighted by molar-refractivity contribution is 0.114. The maximum Gasteiger partial charge on any atom is 0.0110 e. The van der Waals surface area contributed by atoms with Gasteiger partial charge in [0, 0.05) is 65.4 Å². The van der Waals surface area contributed by atoms with Crippen LogP contribution in [0.25, 0.3) is 0 Å². The molecule has 0 aromatic carbocycles. The van der Waals surface area contributed by atoms with E-state index in [1.807, 2.05) is 13.8 Å². The van der Waals surface area contributed by atoms with E-state index in [1.165, 1.54) is 329 Å². The predicted molar refractivity (Wildman–Crippen MR) is 299 cm³/mol. The lowest BCUT2D eigenvalue weighted by atomic mass is 10.1. The molecule has 0 aromatic heterocycles. The highest BCUT2D eigenvalue weighted by atomic mass is 15.3. The number of hydrogen-bond donors (Lipinski definition) is 1. The van der Waals surface area contributed by atoms with E-state index in [1.54, 1.807) is 0 Å². The first-order valence-electron chi connectivity index (χ1n) is 30.7. The van der Waals surface area contributed by atoms with Crippen LogP contribution in [0.4, 0.5) is 0 Å². The van der Waals surface area contributed by atoms with Gasteiger partial charge in [0.1, 0.15) is 0 Å². The van der Waals surface area contributed by atoms with Crippen molar-refractivity contribution in [1.29, 1.82) is 0 Å². The van der Waals surface area contributed by atoms with Gasteiger partial charge in [-0.2, -0.15) is 0 Å². The zero-order valence-corrected chi connectivity index (χ0v) is 47.1. The van der Waals surface area contributed by atoms with Crippen molar-refractivity contribution in [3.8, 4) is 0 Å². The topological polar surface area (TPSA) is 25.0 Å². The van der Waals surface area contributed by atoms with Gasteiger partial charge in [-0.25, -0.2) is 0 Å². The van der Waals surface area contributed by atoms with Gasteiger partial charge in [-0.1, -0.05) is 274 Å². The van der Waals surface area contributed by atoms with Gasteiger partial charge >= 0.3 is 0 Å². The monoisotopic (exact) mass is 920 g/mol. The Morgan fingerprint density at radius 1 is 0.262 bits per heavy atom. The van der Waals surface area contributed by atoms with Crippen molar-refractivity contribution < 1.29 is 0 Å². The summed E-state index contributed by atoms with van der Waals surface area (Å²) in [5.41, 5.74) is 0. The lowest BCUT2D eigenvalue weighted by Gasteiger charge is -2.36. The number of nitrogens with zero attached hydrogens (tertiary/aromatic N) is 4. The minimum atomic E-state index is 1.16. The van der Waals surface area contributed by atoms with Gasteiger partial charge in [0.05, 0.1) is 0 Å². The first-order chi connectivity index (χ1) is 32.1. The molecule has 0 aliphatic carbocycles. The Kier molecular flexibility index (Phi) is 61.7. The van der Waals surface area contributed by atoms with Crippen LogP contribution in [-0.2, 0) is 0 Å². The van der Waals surface area contributed by atoms with E-state index in [0.29, 0.717) is 0 Å². The Bertz CT molecular complexity index is 776. The SMILES string of the molecule is CC.CCCCCCCCC.CCCCCCCCCCCCNCCN1CCN(CCN(CCCCCCCCC)CCN(CCCCCCCCC)CCCCCCCCC)CC1. The molecule has 1 rings (SSSR count). The van der Waals surface area contributed by atoms with Crippen LogP contribution in [0, 0.1) is 0 Å². The maximum absolute atomic E-state index is 3.76. The molecule has 0 saturated carbocycles. The van der Waals surface area contributed by atoms with Crippen molar-refractivity contribution in [3.63, 3.8) is 0 Å². The number of rotatable bonds is 50. The molecule has 65 heavy (non-hydrogen) atoms. The molecule has 0 atom stereocenters. The average molecular weight is 921 g/mol. The summed E-state index contributed by atoms with van der Waals surface area (Å²) in [5, 5.41) is 3.76. The minimum absolute atomic E-state index is 1.16. The smallest absolute Gasteiger partial charge is 0.0110 e. The van der Waals surface area contributed by atoms with Gasteiger partial charge in [-0.3, -0.25) is 9.80 Å². The average Bonchev–Trinajstić information content (AvgIpc) is 3.33. The normalized spacial score (nSPS) is 13.4. The molecule has 0 unspecified atom stereocenters.